The Morgan fingerprint density at radius 1 is 1.28 bits per heavy atom. The van der Waals surface area contributed by atoms with Crippen LogP contribution in [0.5, 0.6) is 0 Å². The van der Waals surface area contributed by atoms with Crippen LogP contribution in [0.25, 0.3) is 5.69 Å². The normalized spacial score (nSPS) is 11.1. The van der Waals surface area contributed by atoms with Gasteiger partial charge in [0.05, 0.1) is 17.6 Å². The van der Waals surface area contributed by atoms with E-state index in [0.29, 0.717) is 6.04 Å². The van der Waals surface area contributed by atoms with Gasteiger partial charge < -0.3 is 5.32 Å². The van der Waals surface area contributed by atoms with Crippen LogP contribution in [-0.2, 0) is 13.0 Å². The molecule has 1 aromatic carbocycles. The summed E-state index contributed by atoms with van der Waals surface area (Å²) in [6.45, 7) is 7.15. The molecular formula is C14H20N4. The monoisotopic (exact) mass is 244 g/mol. The molecule has 1 heterocycles. The van der Waals surface area contributed by atoms with Crippen molar-refractivity contribution in [2.24, 2.45) is 0 Å². The molecule has 2 rings (SSSR count). The quantitative estimate of drug-likeness (QED) is 0.877. The van der Waals surface area contributed by atoms with Gasteiger partial charge in [0, 0.05) is 12.6 Å². The first-order chi connectivity index (χ1) is 8.70. The molecule has 0 bridgehead atoms. The Morgan fingerprint density at radius 2 is 2.06 bits per heavy atom. The third-order valence-electron chi connectivity index (χ3n) is 2.85. The number of benzene rings is 1. The maximum absolute atomic E-state index is 4.20. The summed E-state index contributed by atoms with van der Waals surface area (Å²) < 4.78 is 1.86. The minimum Gasteiger partial charge on any atom is -0.309 e. The lowest BCUT2D eigenvalue weighted by Crippen LogP contribution is -2.21. The molecule has 0 spiro atoms. The van der Waals surface area contributed by atoms with E-state index in [-0.39, 0.29) is 0 Å². The summed E-state index contributed by atoms with van der Waals surface area (Å²) in [6, 6.07) is 8.75. The van der Waals surface area contributed by atoms with Crippen LogP contribution in [0, 0.1) is 0 Å². The van der Waals surface area contributed by atoms with Crippen LogP contribution in [0.4, 0.5) is 0 Å². The maximum Gasteiger partial charge on any atom is 0.0969 e. The van der Waals surface area contributed by atoms with E-state index in [2.05, 4.69) is 54.6 Å². The second kappa shape index (κ2) is 5.78. The van der Waals surface area contributed by atoms with Crippen LogP contribution in [-0.4, -0.2) is 21.0 Å². The summed E-state index contributed by atoms with van der Waals surface area (Å²) in [7, 11) is 0. The summed E-state index contributed by atoms with van der Waals surface area (Å²) in [6.07, 6.45) is 2.99. The van der Waals surface area contributed by atoms with Gasteiger partial charge in [0.2, 0.25) is 0 Å². The number of aryl methyl sites for hydroxylation is 1. The highest BCUT2D eigenvalue weighted by atomic mass is 15.4. The van der Waals surface area contributed by atoms with Crippen molar-refractivity contribution in [2.45, 2.75) is 39.8 Å². The van der Waals surface area contributed by atoms with Crippen molar-refractivity contribution in [3.63, 3.8) is 0 Å². The maximum atomic E-state index is 4.20. The molecule has 0 fully saturated rings. The molecule has 96 valence electrons. The summed E-state index contributed by atoms with van der Waals surface area (Å²) in [5.74, 6) is 0. The van der Waals surface area contributed by atoms with Gasteiger partial charge in [-0.05, 0) is 18.1 Å². The van der Waals surface area contributed by atoms with Gasteiger partial charge >= 0.3 is 0 Å². The van der Waals surface area contributed by atoms with Crippen molar-refractivity contribution in [3.8, 4) is 5.69 Å². The van der Waals surface area contributed by atoms with E-state index in [1.165, 1.54) is 5.56 Å². The largest absolute Gasteiger partial charge is 0.309 e. The molecular weight excluding hydrogens is 224 g/mol. The number of nitrogens with one attached hydrogen (secondary N) is 1. The Morgan fingerprint density at radius 3 is 2.78 bits per heavy atom. The van der Waals surface area contributed by atoms with Gasteiger partial charge in [-0.1, -0.05) is 44.2 Å². The molecule has 4 heteroatoms. The van der Waals surface area contributed by atoms with E-state index < -0.39 is 0 Å². The van der Waals surface area contributed by atoms with Gasteiger partial charge in [0.15, 0.2) is 0 Å². The van der Waals surface area contributed by atoms with E-state index >= 15 is 0 Å². The topological polar surface area (TPSA) is 42.7 Å². The lowest BCUT2D eigenvalue weighted by atomic mass is 10.1. The summed E-state index contributed by atoms with van der Waals surface area (Å²) in [5, 5.41) is 11.7. The fourth-order valence-corrected chi connectivity index (χ4v) is 1.84. The SMILES string of the molecule is CCc1ccccc1-n1cc(CNC(C)C)nn1. The molecule has 0 radical (unpaired) electrons. The Balaban J connectivity index is 2.18. The molecule has 0 saturated heterocycles. The zero-order valence-electron chi connectivity index (χ0n) is 11.2. The number of nitrogens with zero attached hydrogens (tertiary/aromatic N) is 3. The number of hydrogen-bond donors (Lipinski definition) is 1. The van der Waals surface area contributed by atoms with Gasteiger partial charge in [-0.3, -0.25) is 0 Å². The highest BCUT2D eigenvalue weighted by Gasteiger charge is 2.06. The van der Waals surface area contributed by atoms with Gasteiger partial charge in [0.25, 0.3) is 0 Å². The second-order valence-corrected chi connectivity index (χ2v) is 4.67. The van der Waals surface area contributed by atoms with Crippen LogP contribution >= 0.6 is 0 Å². The number of para-hydroxylation sites is 1. The fraction of sp³-hybridized carbons (Fsp3) is 0.429. The minimum atomic E-state index is 0.457. The lowest BCUT2D eigenvalue weighted by molar-refractivity contribution is 0.580. The van der Waals surface area contributed by atoms with Gasteiger partial charge in [-0.25, -0.2) is 4.68 Å². The van der Waals surface area contributed by atoms with Gasteiger partial charge in [0.1, 0.15) is 0 Å². The Hall–Kier alpha value is -1.68. The molecule has 1 aromatic heterocycles. The molecule has 0 amide bonds. The lowest BCUT2D eigenvalue weighted by Gasteiger charge is -2.06. The van der Waals surface area contributed by atoms with Crippen molar-refractivity contribution < 1.29 is 0 Å². The van der Waals surface area contributed by atoms with E-state index in [1.54, 1.807) is 0 Å². The van der Waals surface area contributed by atoms with Crippen LogP contribution in [0.1, 0.15) is 32.0 Å². The molecule has 0 aliphatic carbocycles. The van der Waals surface area contributed by atoms with Crippen molar-refractivity contribution in [1.29, 1.82) is 0 Å². The third-order valence-corrected chi connectivity index (χ3v) is 2.85. The number of hydrogen-bond acceptors (Lipinski definition) is 3. The average Bonchev–Trinajstić information content (AvgIpc) is 2.85. The predicted molar refractivity (Wildman–Crippen MR) is 72.7 cm³/mol. The zero-order valence-corrected chi connectivity index (χ0v) is 11.2. The van der Waals surface area contributed by atoms with Crippen molar-refractivity contribution >= 4 is 0 Å². The average molecular weight is 244 g/mol. The van der Waals surface area contributed by atoms with Crippen molar-refractivity contribution in [1.82, 2.24) is 20.3 Å². The first-order valence-electron chi connectivity index (χ1n) is 6.43. The Labute approximate surface area is 108 Å². The third kappa shape index (κ3) is 2.96. The van der Waals surface area contributed by atoms with E-state index in [9.17, 15) is 0 Å². The molecule has 0 atom stereocenters. The molecule has 0 unspecified atom stereocenters. The Kier molecular flexibility index (Phi) is 4.10. The fourth-order valence-electron chi connectivity index (χ4n) is 1.84. The van der Waals surface area contributed by atoms with Crippen LogP contribution < -0.4 is 5.32 Å². The first kappa shape index (κ1) is 12.8. The molecule has 0 saturated carbocycles. The minimum absolute atomic E-state index is 0.457. The highest BCUT2D eigenvalue weighted by molar-refractivity contribution is 5.40. The van der Waals surface area contributed by atoms with Crippen LogP contribution in [0.15, 0.2) is 30.5 Å². The van der Waals surface area contributed by atoms with Crippen LogP contribution in [0.2, 0.25) is 0 Å². The van der Waals surface area contributed by atoms with Crippen LogP contribution in [0.3, 0.4) is 0 Å². The summed E-state index contributed by atoms with van der Waals surface area (Å²) in [4.78, 5) is 0. The molecule has 1 N–H and O–H groups in total. The van der Waals surface area contributed by atoms with E-state index in [4.69, 9.17) is 0 Å². The smallest absolute Gasteiger partial charge is 0.0969 e. The molecule has 4 nitrogen and oxygen atoms in total. The highest BCUT2D eigenvalue weighted by Crippen LogP contribution is 2.14. The van der Waals surface area contributed by atoms with Crippen molar-refractivity contribution in [2.75, 3.05) is 0 Å². The second-order valence-electron chi connectivity index (χ2n) is 4.67. The first-order valence-corrected chi connectivity index (χ1v) is 6.43. The van der Waals surface area contributed by atoms with E-state index in [0.717, 1.165) is 24.3 Å². The van der Waals surface area contributed by atoms with Gasteiger partial charge in [-0.2, -0.15) is 0 Å². The molecule has 0 aliphatic rings. The Bertz CT molecular complexity index is 502. The molecule has 0 aliphatic heterocycles. The summed E-state index contributed by atoms with van der Waals surface area (Å²) in [5.41, 5.74) is 3.36. The zero-order chi connectivity index (χ0) is 13.0. The van der Waals surface area contributed by atoms with E-state index in [1.807, 2.05) is 16.9 Å². The summed E-state index contributed by atoms with van der Waals surface area (Å²) >= 11 is 0. The number of rotatable bonds is 5. The molecule has 18 heavy (non-hydrogen) atoms. The molecule has 2 aromatic rings. The van der Waals surface area contributed by atoms with Gasteiger partial charge in [-0.15, -0.1) is 5.10 Å². The van der Waals surface area contributed by atoms with Crippen molar-refractivity contribution in [3.05, 3.63) is 41.7 Å². The predicted octanol–water partition coefficient (Wildman–Crippen LogP) is 2.33. The number of aromatic nitrogens is 3. The standard InChI is InChI=1S/C14H20N4/c1-4-12-7-5-6-8-14(12)18-10-13(16-17-18)9-15-11(2)3/h5-8,10-11,15H,4,9H2,1-3H3.